The van der Waals surface area contributed by atoms with E-state index in [0.29, 0.717) is 49.2 Å². The summed E-state index contributed by atoms with van der Waals surface area (Å²) in [6, 6.07) is 11.7. The number of hydrogen-bond acceptors (Lipinski definition) is 8. The van der Waals surface area contributed by atoms with Gasteiger partial charge in [-0.25, -0.2) is 14.7 Å². The van der Waals surface area contributed by atoms with Gasteiger partial charge in [-0.2, -0.15) is 10.1 Å². The van der Waals surface area contributed by atoms with Crippen LogP contribution in [0.4, 0.5) is 5.82 Å². The number of hydroxylamine groups is 2. The van der Waals surface area contributed by atoms with Crippen LogP contribution < -0.4 is 4.90 Å². The fraction of sp³-hybridized carbons (Fsp3) is 0.304. The smallest absolute Gasteiger partial charge is 0.312 e. The van der Waals surface area contributed by atoms with Crippen LogP contribution in [0.3, 0.4) is 0 Å². The molecule has 1 aliphatic rings. The number of benzene rings is 1. The van der Waals surface area contributed by atoms with Gasteiger partial charge in [0.25, 0.3) is 5.95 Å². The number of carbonyl (C=O) groups is 1. The quantitative estimate of drug-likeness (QED) is 0.430. The third kappa shape index (κ3) is 4.06. The molecule has 1 fully saturated rings. The number of morpholine rings is 1. The minimum Gasteiger partial charge on any atom is -0.445 e. The van der Waals surface area contributed by atoms with Crippen molar-refractivity contribution in [1.82, 2.24) is 24.8 Å². The molecule has 0 spiro atoms. The molecule has 5 rings (SSSR count). The van der Waals surface area contributed by atoms with Crippen LogP contribution >= 0.6 is 0 Å². The van der Waals surface area contributed by atoms with Crippen molar-refractivity contribution in [3.63, 3.8) is 0 Å². The zero-order valence-corrected chi connectivity index (χ0v) is 18.7. The molecular weight excluding hydrogens is 424 g/mol. The molecule has 4 aromatic rings. The predicted molar refractivity (Wildman–Crippen MR) is 121 cm³/mol. The summed E-state index contributed by atoms with van der Waals surface area (Å²) in [7, 11) is 2.94. The van der Waals surface area contributed by atoms with E-state index in [0.717, 1.165) is 21.9 Å². The molecule has 0 aliphatic carbocycles. The summed E-state index contributed by atoms with van der Waals surface area (Å²) in [5, 5.41) is 5.79. The Hall–Kier alpha value is -3.76. The first-order valence-electron chi connectivity index (χ1n) is 10.6. The first-order chi connectivity index (χ1) is 16.0. The van der Waals surface area contributed by atoms with Crippen molar-refractivity contribution in [2.45, 2.75) is 6.92 Å². The van der Waals surface area contributed by atoms with E-state index < -0.39 is 5.91 Å². The van der Waals surface area contributed by atoms with Crippen LogP contribution in [0.2, 0.25) is 0 Å². The molecular formula is C23H24N6O4. The second-order valence-electron chi connectivity index (χ2n) is 7.77. The molecule has 3 aromatic heterocycles. The van der Waals surface area contributed by atoms with E-state index in [1.54, 1.807) is 10.7 Å². The molecule has 1 saturated heterocycles. The van der Waals surface area contributed by atoms with Crippen molar-refractivity contribution < 1.29 is 18.8 Å². The Morgan fingerprint density at radius 1 is 1.15 bits per heavy atom. The number of ether oxygens (including phenoxy) is 1. The van der Waals surface area contributed by atoms with Crippen LogP contribution in [0.5, 0.6) is 0 Å². The Morgan fingerprint density at radius 3 is 2.73 bits per heavy atom. The second-order valence-corrected chi connectivity index (χ2v) is 7.77. The SMILES string of the molecule is CON(C)C(=O)c1cc2nc(-n3ccc(-c4cccc(C)c4)n3)nc(N3CCOCC3)c2o1. The average Bonchev–Trinajstić information content (AvgIpc) is 3.50. The molecule has 170 valence electrons. The van der Waals surface area contributed by atoms with Gasteiger partial charge in [-0.1, -0.05) is 23.8 Å². The fourth-order valence-electron chi connectivity index (χ4n) is 3.73. The van der Waals surface area contributed by atoms with Crippen LogP contribution in [0, 0.1) is 6.92 Å². The zero-order chi connectivity index (χ0) is 22.9. The van der Waals surface area contributed by atoms with E-state index in [1.165, 1.54) is 14.2 Å². The summed E-state index contributed by atoms with van der Waals surface area (Å²) < 4.78 is 13.0. The number of furan rings is 1. The number of aryl methyl sites for hydroxylation is 1. The first kappa shape index (κ1) is 21.1. The normalized spacial score (nSPS) is 14.1. The van der Waals surface area contributed by atoms with Gasteiger partial charge in [-0.05, 0) is 19.1 Å². The molecule has 10 heteroatoms. The maximum absolute atomic E-state index is 12.6. The van der Waals surface area contributed by atoms with Crippen LogP contribution in [0.1, 0.15) is 16.1 Å². The lowest BCUT2D eigenvalue weighted by atomic mass is 10.1. The molecule has 0 saturated carbocycles. The van der Waals surface area contributed by atoms with Gasteiger partial charge in [0.05, 0.1) is 26.0 Å². The van der Waals surface area contributed by atoms with Crippen LogP contribution in [-0.4, -0.2) is 71.2 Å². The van der Waals surface area contributed by atoms with Gasteiger partial charge in [-0.15, -0.1) is 0 Å². The van der Waals surface area contributed by atoms with Crippen molar-refractivity contribution >= 4 is 22.8 Å². The molecule has 1 aliphatic heterocycles. The number of carbonyl (C=O) groups excluding carboxylic acids is 1. The standard InChI is InChI=1S/C23H24N6O4/c1-15-5-4-6-16(13-15)17-7-8-29(26-17)23-24-18-14-19(22(30)27(2)31-3)33-20(18)21(25-23)28-9-11-32-12-10-28/h4-8,13-14H,9-12H2,1-3H3. The lowest BCUT2D eigenvalue weighted by Crippen LogP contribution is -2.37. The molecule has 0 unspecified atom stereocenters. The average molecular weight is 448 g/mol. The Balaban J connectivity index is 1.60. The number of aromatic nitrogens is 4. The zero-order valence-electron chi connectivity index (χ0n) is 18.7. The summed E-state index contributed by atoms with van der Waals surface area (Å²) in [5.41, 5.74) is 3.95. The minimum absolute atomic E-state index is 0.122. The molecule has 0 N–H and O–H groups in total. The monoisotopic (exact) mass is 448 g/mol. The molecule has 10 nitrogen and oxygen atoms in total. The van der Waals surface area contributed by atoms with E-state index in [9.17, 15) is 4.79 Å². The van der Waals surface area contributed by atoms with Crippen molar-refractivity contribution in [1.29, 1.82) is 0 Å². The molecule has 1 aromatic carbocycles. The third-order valence-corrected chi connectivity index (χ3v) is 5.53. The lowest BCUT2D eigenvalue weighted by molar-refractivity contribution is -0.0772. The number of rotatable bonds is 5. The lowest BCUT2D eigenvalue weighted by Gasteiger charge is -2.27. The Morgan fingerprint density at radius 2 is 1.97 bits per heavy atom. The number of hydrogen-bond donors (Lipinski definition) is 0. The topological polar surface area (TPSA) is 98.8 Å². The van der Waals surface area contributed by atoms with Gasteiger partial charge in [0, 0.05) is 38.0 Å². The van der Waals surface area contributed by atoms with Gasteiger partial charge >= 0.3 is 5.91 Å². The summed E-state index contributed by atoms with van der Waals surface area (Å²) in [5.74, 6) is 0.704. The highest BCUT2D eigenvalue weighted by Gasteiger charge is 2.25. The molecule has 1 amide bonds. The van der Waals surface area contributed by atoms with Crippen molar-refractivity contribution in [2.75, 3.05) is 45.4 Å². The van der Waals surface area contributed by atoms with Crippen LogP contribution in [-0.2, 0) is 9.57 Å². The summed E-state index contributed by atoms with van der Waals surface area (Å²) >= 11 is 0. The van der Waals surface area contributed by atoms with Crippen molar-refractivity contribution in [3.8, 4) is 17.2 Å². The molecule has 4 heterocycles. The Labute approximate surface area is 190 Å². The van der Waals surface area contributed by atoms with E-state index in [-0.39, 0.29) is 5.76 Å². The second kappa shape index (κ2) is 8.64. The summed E-state index contributed by atoms with van der Waals surface area (Å²) in [6.45, 7) is 4.52. The fourth-order valence-corrected chi connectivity index (χ4v) is 3.73. The van der Waals surface area contributed by atoms with Crippen molar-refractivity contribution in [2.24, 2.45) is 0 Å². The summed E-state index contributed by atoms with van der Waals surface area (Å²) in [4.78, 5) is 29.1. The van der Waals surface area contributed by atoms with Gasteiger partial charge < -0.3 is 14.1 Å². The Bertz CT molecular complexity index is 1310. The molecule has 0 atom stereocenters. The van der Waals surface area contributed by atoms with E-state index in [1.807, 2.05) is 37.4 Å². The first-order valence-corrected chi connectivity index (χ1v) is 10.6. The van der Waals surface area contributed by atoms with E-state index >= 15 is 0 Å². The molecule has 0 radical (unpaired) electrons. The minimum atomic E-state index is -0.411. The van der Waals surface area contributed by atoms with Crippen molar-refractivity contribution in [3.05, 3.63) is 53.9 Å². The van der Waals surface area contributed by atoms with Gasteiger partial charge in [-0.3, -0.25) is 9.63 Å². The number of nitrogens with zero attached hydrogens (tertiary/aromatic N) is 6. The molecule has 33 heavy (non-hydrogen) atoms. The van der Waals surface area contributed by atoms with E-state index in [2.05, 4.69) is 16.0 Å². The predicted octanol–water partition coefficient (Wildman–Crippen LogP) is 2.85. The third-order valence-electron chi connectivity index (χ3n) is 5.53. The number of fused-ring (bicyclic) bond motifs is 1. The van der Waals surface area contributed by atoms with Gasteiger partial charge in [0.15, 0.2) is 17.2 Å². The number of amides is 1. The highest BCUT2D eigenvalue weighted by molar-refractivity contribution is 5.96. The maximum atomic E-state index is 12.6. The maximum Gasteiger partial charge on any atom is 0.312 e. The Kier molecular flexibility index (Phi) is 5.53. The van der Waals surface area contributed by atoms with Crippen LogP contribution in [0.15, 0.2) is 47.0 Å². The van der Waals surface area contributed by atoms with Gasteiger partial charge in [0.1, 0.15) is 5.52 Å². The highest BCUT2D eigenvalue weighted by atomic mass is 16.7. The largest absolute Gasteiger partial charge is 0.445 e. The highest BCUT2D eigenvalue weighted by Crippen LogP contribution is 2.29. The van der Waals surface area contributed by atoms with E-state index in [4.69, 9.17) is 24.1 Å². The summed E-state index contributed by atoms with van der Waals surface area (Å²) in [6.07, 6.45) is 1.83. The molecule has 0 bridgehead atoms. The number of anilines is 1. The van der Waals surface area contributed by atoms with Gasteiger partial charge in [0.2, 0.25) is 0 Å². The van der Waals surface area contributed by atoms with Crippen LogP contribution in [0.25, 0.3) is 28.3 Å².